The third kappa shape index (κ3) is 3.87. The number of aromatic nitrogens is 2. The van der Waals surface area contributed by atoms with Gasteiger partial charge >= 0.3 is 0 Å². The molecule has 4 rings (SSSR count). The number of hydrogen-bond donors (Lipinski definition) is 1. The van der Waals surface area contributed by atoms with Gasteiger partial charge in [-0.1, -0.05) is 18.2 Å². The quantitative estimate of drug-likeness (QED) is 0.469. The topological polar surface area (TPSA) is 58.8 Å². The van der Waals surface area contributed by atoms with Crippen molar-refractivity contribution in [2.75, 3.05) is 5.32 Å². The zero-order valence-corrected chi connectivity index (χ0v) is 17.6. The van der Waals surface area contributed by atoms with Gasteiger partial charge in [-0.3, -0.25) is 14.2 Å². The number of pyridine rings is 1. The van der Waals surface area contributed by atoms with Crippen LogP contribution >= 0.6 is 0 Å². The molecule has 4 aromatic rings. The van der Waals surface area contributed by atoms with Crippen LogP contribution in [0.2, 0.25) is 0 Å². The predicted molar refractivity (Wildman–Crippen MR) is 124 cm³/mol. The molecule has 0 amide bonds. The van der Waals surface area contributed by atoms with Gasteiger partial charge in [-0.15, -0.1) is 0 Å². The Hall–Kier alpha value is -3.73. The molecule has 0 saturated carbocycles. The summed E-state index contributed by atoms with van der Waals surface area (Å²) in [5.74, 6) is 0.488. The highest BCUT2D eigenvalue weighted by molar-refractivity contribution is 5.89. The summed E-state index contributed by atoms with van der Waals surface area (Å²) in [6.45, 7) is 8.24. The Bertz CT molecular complexity index is 1340. The number of benzene rings is 2. The summed E-state index contributed by atoms with van der Waals surface area (Å²) in [6, 6.07) is 17.6. The summed E-state index contributed by atoms with van der Waals surface area (Å²) in [6.07, 6.45) is 3.32. The second-order valence-corrected chi connectivity index (χ2v) is 7.56. The van der Waals surface area contributed by atoms with Gasteiger partial charge in [0.25, 0.3) is 5.56 Å². The molecule has 0 aliphatic rings. The number of aryl methyl sites for hydroxylation is 4. The van der Waals surface area contributed by atoms with E-state index >= 15 is 0 Å². The first-order chi connectivity index (χ1) is 14.4. The lowest BCUT2D eigenvalue weighted by atomic mass is 10.1. The maximum atomic E-state index is 13.2. The molecule has 0 aliphatic heterocycles. The zero-order valence-electron chi connectivity index (χ0n) is 17.6. The fourth-order valence-corrected chi connectivity index (χ4v) is 3.22. The lowest BCUT2D eigenvalue weighted by Gasteiger charge is -2.12. The average Bonchev–Trinajstić information content (AvgIpc) is 2.73. The van der Waals surface area contributed by atoms with Gasteiger partial charge in [0.2, 0.25) is 0 Å². The molecule has 30 heavy (non-hydrogen) atoms. The van der Waals surface area contributed by atoms with Crippen LogP contribution in [0.5, 0.6) is 0 Å². The van der Waals surface area contributed by atoms with Crippen molar-refractivity contribution in [2.45, 2.75) is 27.7 Å². The second-order valence-electron chi connectivity index (χ2n) is 7.56. The average molecular weight is 396 g/mol. The van der Waals surface area contributed by atoms with Gasteiger partial charge < -0.3 is 5.32 Å². The van der Waals surface area contributed by atoms with E-state index in [4.69, 9.17) is 0 Å². The smallest absolute Gasteiger partial charge is 0.268 e. The van der Waals surface area contributed by atoms with E-state index in [1.807, 2.05) is 55.5 Å². The van der Waals surface area contributed by atoms with Gasteiger partial charge in [0.1, 0.15) is 17.0 Å². The van der Waals surface area contributed by atoms with Crippen molar-refractivity contribution in [3.05, 3.63) is 99.0 Å². The van der Waals surface area contributed by atoms with Gasteiger partial charge in [-0.05, 0) is 86.3 Å². The zero-order chi connectivity index (χ0) is 21.3. The van der Waals surface area contributed by atoms with Crippen LogP contribution < -0.4 is 10.9 Å². The number of nitrogens with zero attached hydrogens (tertiary/aromatic N) is 3. The van der Waals surface area contributed by atoms with E-state index in [0.29, 0.717) is 17.0 Å². The highest BCUT2D eigenvalue weighted by atomic mass is 16.1. The molecule has 0 fully saturated rings. The number of anilines is 2. The van der Waals surface area contributed by atoms with Crippen LogP contribution in [0.15, 0.2) is 70.6 Å². The van der Waals surface area contributed by atoms with Crippen LogP contribution in [0.3, 0.4) is 0 Å². The van der Waals surface area contributed by atoms with Crippen molar-refractivity contribution in [1.29, 1.82) is 0 Å². The molecule has 0 aliphatic carbocycles. The van der Waals surface area contributed by atoms with E-state index in [2.05, 4.69) is 42.1 Å². The molecule has 0 spiro atoms. The molecule has 0 unspecified atom stereocenters. The number of hydrogen-bond acceptors (Lipinski definition) is 4. The molecule has 5 heteroatoms. The van der Waals surface area contributed by atoms with Gasteiger partial charge in [0.15, 0.2) is 0 Å². The monoisotopic (exact) mass is 396 g/mol. The standard InChI is InChI=1S/C25H24N4O/c1-16-8-10-20(13-18(16)3)26-15-22-24(27-21-11-9-17(2)19(4)14-21)28-23-7-5-6-12-29(23)25(22)30/h5-15,27H,1-4H3. The molecule has 2 heterocycles. The second kappa shape index (κ2) is 7.95. The molecule has 5 nitrogen and oxygen atoms in total. The maximum absolute atomic E-state index is 13.2. The molecule has 150 valence electrons. The van der Waals surface area contributed by atoms with E-state index in [0.717, 1.165) is 16.9 Å². The van der Waals surface area contributed by atoms with Crippen molar-refractivity contribution in [1.82, 2.24) is 9.38 Å². The maximum Gasteiger partial charge on any atom is 0.268 e. The van der Waals surface area contributed by atoms with Crippen molar-refractivity contribution in [2.24, 2.45) is 4.99 Å². The van der Waals surface area contributed by atoms with E-state index in [9.17, 15) is 4.79 Å². The summed E-state index contributed by atoms with van der Waals surface area (Å²) in [7, 11) is 0. The molecular formula is C25H24N4O. The van der Waals surface area contributed by atoms with Gasteiger partial charge in [-0.25, -0.2) is 4.98 Å². The molecular weight excluding hydrogens is 372 g/mol. The normalized spacial score (nSPS) is 11.3. The van der Waals surface area contributed by atoms with Crippen LogP contribution in [-0.4, -0.2) is 15.6 Å². The number of aliphatic imine (C=N–C) groups is 1. The van der Waals surface area contributed by atoms with E-state index in [1.165, 1.54) is 21.1 Å². The summed E-state index contributed by atoms with van der Waals surface area (Å²) < 4.78 is 1.54. The van der Waals surface area contributed by atoms with Crippen molar-refractivity contribution < 1.29 is 0 Å². The Balaban J connectivity index is 1.83. The Kier molecular flexibility index (Phi) is 5.19. The first kappa shape index (κ1) is 19.6. The molecule has 2 aromatic heterocycles. The third-order valence-electron chi connectivity index (χ3n) is 5.37. The highest BCUT2D eigenvalue weighted by Gasteiger charge is 2.12. The van der Waals surface area contributed by atoms with Crippen molar-refractivity contribution >= 4 is 29.1 Å². The molecule has 2 aromatic carbocycles. The molecule has 0 radical (unpaired) electrons. The predicted octanol–water partition coefficient (Wildman–Crippen LogP) is 5.42. The molecule has 1 N–H and O–H groups in total. The fourth-order valence-electron chi connectivity index (χ4n) is 3.22. The Labute approximate surface area is 175 Å². The van der Waals surface area contributed by atoms with E-state index in [-0.39, 0.29) is 5.56 Å². The lowest BCUT2D eigenvalue weighted by Crippen LogP contribution is -2.21. The van der Waals surface area contributed by atoms with Crippen molar-refractivity contribution in [3.63, 3.8) is 0 Å². The minimum absolute atomic E-state index is 0.167. The van der Waals surface area contributed by atoms with E-state index < -0.39 is 0 Å². The summed E-state index contributed by atoms with van der Waals surface area (Å²) >= 11 is 0. The first-order valence-electron chi connectivity index (χ1n) is 9.89. The highest BCUT2D eigenvalue weighted by Crippen LogP contribution is 2.21. The largest absolute Gasteiger partial charge is 0.339 e. The minimum atomic E-state index is -0.167. The van der Waals surface area contributed by atoms with Gasteiger partial charge in [0.05, 0.1) is 5.69 Å². The SMILES string of the molecule is Cc1ccc(N=Cc2c(Nc3ccc(C)c(C)c3)nc3ccccn3c2=O)cc1C. The Morgan fingerprint density at radius 1 is 0.900 bits per heavy atom. The van der Waals surface area contributed by atoms with Crippen LogP contribution in [0.25, 0.3) is 5.65 Å². The third-order valence-corrected chi connectivity index (χ3v) is 5.37. The fraction of sp³-hybridized carbons (Fsp3) is 0.160. The number of rotatable bonds is 4. The number of fused-ring (bicyclic) bond motifs is 1. The minimum Gasteiger partial charge on any atom is -0.339 e. The van der Waals surface area contributed by atoms with Gasteiger partial charge in [-0.2, -0.15) is 0 Å². The molecule has 0 saturated heterocycles. The summed E-state index contributed by atoms with van der Waals surface area (Å²) in [4.78, 5) is 22.4. The first-order valence-corrected chi connectivity index (χ1v) is 9.89. The molecule has 0 bridgehead atoms. The van der Waals surface area contributed by atoms with Crippen LogP contribution in [0.4, 0.5) is 17.2 Å². The van der Waals surface area contributed by atoms with Crippen LogP contribution in [-0.2, 0) is 0 Å². The van der Waals surface area contributed by atoms with Crippen LogP contribution in [0.1, 0.15) is 27.8 Å². The van der Waals surface area contributed by atoms with E-state index in [1.54, 1.807) is 12.4 Å². The lowest BCUT2D eigenvalue weighted by molar-refractivity contribution is 1.04. The van der Waals surface area contributed by atoms with Crippen molar-refractivity contribution in [3.8, 4) is 0 Å². The Morgan fingerprint density at radius 3 is 2.37 bits per heavy atom. The summed E-state index contributed by atoms with van der Waals surface area (Å²) in [5.41, 5.74) is 7.25. The van der Waals surface area contributed by atoms with Crippen LogP contribution in [0, 0.1) is 27.7 Å². The van der Waals surface area contributed by atoms with Gasteiger partial charge in [0, 0.05) is 18.1 Å². The Morgan fingerprint density at radius 2 is 1.63 bits per heavy atom. The molecule has 0 atom stereocenters. The summed E-state index contributed by atoms with van der Waals surface area (Å²) in [5, 5.41) is 3.31. The number of nitrogens with one attached hydrogen (secondary N) is 1.